The van der Waals surface area contributed by atoms with Gasteiger partial charge in [-0.05, 0) is 35.4 Å². The molecule has 0 saturated heterocycles. The predicted molar refractivity (Wildman–Crippen MR) is 136 cm³/mol. The maximum atomic E-state index is 12.9. The van der Waals surface area contributed by atoms with E-state index < -0.39 is 18.4 Å². The highest BCUT2D eigenvalue weighted by atomic mass is 16.5. The number of rotatable bonds is 7. The summed E-state index contributed by atoms with van der Waals surface area (Å²) in [6, 6.07) is 30.3. The largest absolute Gasteiger partial charge is 0.461 e. The number of aromatic nitrogens is 1. The van der Waals surface area contributed by atoms with Crippen LogP contribution in [-0.4, -0.2) is 23.3 Å². The van der Waals surface area contributed by atoms with Crippen LogP contribution >= 0.6 is 0 Å². The summed E-state index contributed by atoms with van der Waals surface area (Å²) in [5, 5.41) is 0.661. The highest BCUT2D eigenvalue weighted by Crippen LogP contribution is 2.26. The van der Waals surface area contributed by atoms with Gasteiger partial charge in [0.2, 0.25) is 5.78 Å². The smallest absolute Gasteiger partial charge is 0.339 e. The Balaban J connectivity index is 1.40. The lowest BCUT2D eigenvalue weighted by molar-refractivity contribution is 0.0469. The van der Waals surface area contributed by atoms with Crippen molar-refractivity contribution in [2.24, 2.45) is 0 Å². The molecule has 5 aromatic rings. The van der Waals surface area contributed by atoms with Crippen LogP contribution in [-0.2, 0) is 4.74 Å². The summed E-state index contributed by atoms with van der Waals surface area (Å²) in [6.45, 7) is -0.402. The van der Waals surface area contributed by atoms with Crippen LogP contribution in [0.3, 0.4) is 0 Å². The van der Waals surface area contributed by atoms with Crippen molar-refractivity contribution in [3.05, 3.63) is 126 Å². The predicted octanol–water partition coefficient (Wildman–Crippen LogP) is 6.70. The monoisotopic (exact) mass is 459 g/mol. The number of furan rings is 1. The second kappa shape index (κ2) is 10.0. The first kappa shape index (κ1) is 22.0. The van der Waals surface area contributed by atoms with E-state index in [1.54, 1.807) is 12.1 Å². The summed E-state index contributed by atoms with van der Waals surface area (Å²) in [6.07, 6.45) is 5.51. The van der Waals surface area contributed by atoms with E-state index in [9.17, 15) is 9.59 Å². The number of hydrogen-bond acceptors (Lipinski definition) is 5. The highest BCUT2D eigenvalue weighted by Gasteiger charge is 2.18. The van der Waals surface area contributed by atoms with Gasteiger partial charge in [0.15, 0.2) is 12.4 Å². The Kier molecular flexibility index (Phi) is 6.31. The lowest BCUT2D eigenvalue weighted by Gasteiger charge is -2.10. The number of para-hydroxylation sites is 1. The molecule has 0 aliphatic heterocycles. The van der Waals surface area contributed by atoms with E-state index in [1.807, 2.05) is 84.9 Å². The normalized spacial score (nSPS) is 11.1. The molecule has 0 saturated carbocycles. The van der Waals surface area contributed by atoms with Gasteiger partial charge in [-0.25, -0.2) is 9.78 Å². The second-order valence-electron chi connectivity index (χ2n) is 7.91. The van der Waals surface area contributed by atoms with E-state index >= 15 is 0 Å². The van der Waals surface area contributed by atoms with Gasteiger partial charge in [-0.15, -0.1) is 0 Å². The minimum absolute atomic E-state index is 0.152. The molecule has 0 aliphatic carbocycles. The van der Waals surface area contributed by atoms with Gasteiger partial charge in [-0.3, -0.25) is 4.79 Å². The van der Waals surface area contributed by atoms with Crippen LogP contribution in [0, 0.1) is 0 Å². The number of ether oxygens (including phenoxy) is 1. The van der Waals surface area contributed by atoms with Crippen molar-refractivity contribution in [1.29, 1.82) is 0 Å². The van der Waals surface area contributed by atoms with Gasteiger partial charge in [0, 0.05) is 10.9 Å². The zero-order valence-corrected chi connectivity index (χ0v) is 18.8. The number of esters is 1. The Morgan fingerprint density at radius 3 is 2.26 bits per heavy atom. The van der Waals surface area contributed by atoms with Gasteiger partial charge >= 0.3 is 5.97 Å². The summed E-state index contributed by atoms with van der Waals surface area (Å²) in [4.78, 5) is 29.9. The molecule has 0 radical (unpaired) electrons. The van der Waals surface area contributed by atoms with Gasteiger partial charge in [0.1, 0.15) is 0 Å². The third-order valence-electron chi connectivity index (χ3n) is 5.54. The SMILES string of the molecule is O=C(COC(=O)c1cc(-c2ccc(/C=C/c3ccccc3)cc2)nc2ccccc12)c1ccco1. The van der Waals surface area contributed by atoms with E-state index in [0.717, 1.165) is 16.7 Å². The van der Waals surface area contributed by atoms with Gasteiger partial charge in [0.05, 0.1) is 23.0 Å². The molecule has 5 rings (SSSR count). The molecule has 35 heavy (non-hydrogen) atoms. The van der Waals surface area contributed by atoms with Crippen LogP contribution in [0.25, 0.3) is 34.3 Å². The van der Waals surface area contributed by atoms with Crippen LogP contribution in [0.2, 0.25) is 0 Å². The molecule has 0 atom stereocenters. The molecule has 0 unspecified atom stereocenters. The Morgan fingerprint density at radius 1 is 0.800 bits per heavy atom. The first-order chi connectivity index (χ1) is 17.2. The van der Waals surface area contributed by atoms with Gasteiger partial charge in [-0.2, -0.15) is 0 Å². The van der Waals surface area contributed by atoms with Gasteiger partial charge < -0.3 is 9.15 Å². The van der Waals surface area contributed by atoms with Crippen LogP contribution in [0.15, 0.2) is 108 Å². The van der Waals surface area contributed by atoms with Crippen molar-refractivity contribution >= 4 is 34.8 Å². The van der Waals surface area contributed by atoms with E-state index in [1.165, 1.54) is 12.3 Å². The fourth-order valence-corrected chi connectivity index (χ4v) is 3.73. The third-order valence-corrected chi connectivity index (χ3v) is 5.54. The molecule has 5 nitrogen and oxygen atoms in total. The van der Waals surface area contributed by atoms with Gasteiger partial charge in [-0.1, -0.05) is 84.9 Å². The number of carbonyl (C=O) groups excluding carboxylic acids is 2. The highest BCUT2D eigenvalue weighted by molar-refractivity contribution is 6.05. The quantitative estimate of drug-likeness (QED) is 0.154. The van der Waals surface area contributed by atoms with Crippen molar-refractivity contribution in [2.75, 3.05) is 6.61 Å². The first-order valence-corrected chi connectivity index (χ1v) is 11.1. The Labute approximate surface area is 202 Å². The van der Waals surface area contributed by atoms with Crippen LogP contribution in [0.5, 0.6) is 0 Å². The molecular formula is C30H21NO4. The van der Waals surface area contributed by atoms with Crippen LogP contribution < -0.4 is 0 Å². The summed E-state index contributed by atoms with van der Waals surface area (Å²) in [7, 11) is 0. The van der Waals surface area contributed by atoms with E-state index in [2.05, 4.69) is 6.08 Å². The summed E-state index contributed by atoms with van der Waals surface area (Å²) in [5.74, 6) is -0.840. The molecule has 0 bridgehead atoms. The van der Waals surface area contributed by atoms with E-state index in [-0.39, 0.29) is 5.76 Å². The van der Waals surface area contributed by atoms with Crippen molar-refractivity contribution in [3.8, 4) is 11.3 Å². The topological polar surface area (TPSA) is 69.4 Å². The molecule has 5 heteroatoms. The van der Waals surface area contributed by atoms with Gasteiger partial charge in [0.25, 0.3) is 0 Å². The number of hydrogen-bond donors (Lipinski definition) is 0. The molecule has 2 heterocycles. The first-order valence-electron chi connectivity index (χ1n) is 11.1. The van der Waals surface area contributed by atoms with Crippen molar-refractivity contribution < 1.29 is 18.7 Å². The second-order valence-corrected chi connectivity index (χ2v) is 7.91. The number of benzene rings is 3. The number of carbonyl (C=O) groups is 2. The molecule has 0 amide bonds. The number of ketones is 1. The zero-order valence-electron chi connectivity index (χ0n) is 18.8. The maximum Gasteiger partial charge on any atom is 0.339 e. The van der Waals surface area contributed by atoms with E-state index in [0.29, 0.717) is 22.2 Å². The summed E-state index contributed by atoms with van der Waals surface area (Å²) >= 11 is 0. The van der Waals surface area contributed by atoms with Crippen LogP contribution in [0.1, 0.15) is 32.0 Å². The standard InChI is InChI=1S/C30H21NO4/c32-28(29-11-6-18-34-29)20-35-30(33)25-19-27(31-26-10-5-4-9-24(25)26)23-16-14-22(15-17-23)13-12-21-7-2-1-3-8-21/h1-19H,20H2/b13-12+. The lowest BCUT2D eigenvalue weighted by atomic mass is 10.0. The number of fused-ring (bicyclic) bond motifs is 1. The Bertz CT molecular complexity index is 1500. The van der Waals surface area contributed by atoms with Crippen LogP contribution in [0.4, 0.5) is 0 Å². The number of pyridine rings is 1. The summed E-state index contributed by atoms with van der Waals surface area (Å²) in [5.41, 5.74) is 4.71. The number of Topliss-reactive ketones (excluding diaryl/α,β-unsaturated/α-hetero) is 1. The molecule has 2 aromatic heterocycles. The average Bonchev–Trinajstić information content (AvgIpc) is 3.46. The minimum atomic E-state index is -0.591. The van der Waals surface area contributed by atoms with Crippen molar-refractivity contribution in [3.63, 3.8) is 0 Å². The molecule has 0 spiro atoms. The number of nitrogens with zero attached hydrogens (tertiary/aromatic N) is 1. The van der Waals surface area contributed by atoms with Crippen molar-refractivity contribution in [2.45, 2.75) is 0 Å². The fourth-order valence-electron chi connectivity index (χ4n) is 3.73. The lowest BCUT2D eigenvalue weighted by Crippen LogP contribution is -2.14. The third kappa shape index (κ3) is 5.09. The van der Waals surface area contributed by atoms with E-state index in [4.69, 9.17) is 14.1 Å². The molecule has 170 valence electrons. The zero-order chi connectivity index (χ0) is 24.0. The Hall–Kier alpha value is -4.77. The fraction of sp³-hybridized carbons (Fsp3) is 0.0333. The molecule has 3 aromatic carbocycles. The average molecular weight is 460 g/mol. The molecule has 0 fully saturated rings. The summed E-state index contributed by atoms with van der Waals surface area (Å²) < 4.78 is 10.4. The Morgan fingerprint density at radius 2 is 1.51 bits per heavy atom. The molecule has 0 N–H and O–H groups in total. The molecule has 0 aliphatic rings. The maximum absolute atomic E-state index is 12.9. The minimum Gasteiger partial charge on any atom is -0.461 e. The van der Waals surface area contributed by atoms with Crippen molar-refractivity contribution in [1.82, 2.24) is 4.98 Å². The molecular weight excluding hydrogens is 438 g/mol.